The Morgan fingerprint density at radius 2 is 1.95 bits per heavy atom. The lowest BCUT2D eigenvalue weighted by Crippen LogP contribution is -2.20. The second kappa shape index (κ2) is 6.86. The molecule has 0 spiro atoms. The highest BCUT2D eigenvalue weighted by Crippen LogP contribution is 2.30. The first kappa shape index (κ1) is 15.0. The third-order valence-corrected chi connectivity index (χ3v) is 4.48. The molecule has 0 unspecified atom stereocenters. The van der Waals surface area contributed by atoms with Gasteiger partial charge in [0.2, 0.25) is 0 Å². The molecule has 3 nitrogen and oxygen atoms in total. The van der Waals surface area contributed by atoms with Crippen molar-refractivity contribution in [3.8, 4) is 0 Å². The highest BCUT2D eigenvalue weighted by molar-refractivity contribution is 7.15. The lowest BCUT2D eigenvalue weighted by molar-refractivity contribution is 0.283. The summed E-state index contributed by atoms with van der Waals surface area (Å²) in [6.07, 6.45) is 1.00. The summed E-state index contributed by atoms with van der Waals surface area (Å²) in [6.45, 7) is 5.24. The third-order valence-electron chi connectivity index (χ3n) is 3.31. The van der Waals surface area contributed by atoms with Gasteiger partial charge in [-0.25, -0.2) is 4.98 Å². The van der Waals surface area contributed by atoms with Crippen LogP contribution in [0, 0.1) is 0 Å². The zero-order chi connectivity index (χ0) is 14.5. The van der Waals surface area contributed by atoms with Gasteiger partial charge >= 0.3 is 0 Å². The molecule has 0 radical (unpaired) electrons. The lowest BCUT2D eigenvalue weighted by Gasteiger charge is -2.15. The SMILES string of the molecule is CC(C)c1nc(N(C)CCc2ccccc2)sc1CO. The van der Waals surface area contributed by atoms with Crippen molar-refractivity contribution in [3.63, 3.8) is 0 Å². The molecule has 1 heterocycles. The number of nitrogens with zero attached hydrogens (tertiary/aromatic N) is 2. The smallest absolute Gasteiger partial charge is 0.185 e. The van der Waals surface area contributed by atoms with E-state index in [2.05, 4.69) is 55.0 Å². The Morgan fingerprint density at radius 3 is 2.50 bits per heavy atom. The number of hydrogen-bond donors (Lipinski definition) is 1. The summed E-state index contributed by atoms with van der Waals surface area (Å²) in [5.74, 6) is 0.352. The molecule has 108 valence electrons. The maximum atomic E-state index is 9.42. The number of aliphatic hydroxyl groups excluding tert-OH is 1. The Morgan fingerprint density at radius 1 is 1.25 bits per heavy atom. The number of aliphatic hydroxyl groups is 1. The van der Waals surface area contributed by atoms with Crippen LogP contribution in [-0.4, -0.2) is 23.7 Å². The maximum Gasteiger partial charge on any atom is 0.185 e. The van der Waals surface area contributed by atoms with Gasteiger partial charge in [-0.15, -0.1) is 0 Å². The van der Waals surface area contributed by atoms with Crippen molar-refractivity contribution in [2.75, 3.05) is 18.5 Å². The molecule has 1 N–H and O–H groups in total. The minimum atomic E-state index is 0.0811. The Hall–Kier alpha value is -1.39. The van der Waals surface area contributed by atoms with Crippen LogP contribution in [0.2, 0.25) is 0 Å². The maximum absolute atomic E-state index is 9.42. The highest BCUT2D eigenvalue weighted by Gasteiger charge is 2.15. The molecule has 0 aliphatic carbocycles. The Balaban J connectivity index is 2.04. The fourth-order valence-electron chi connectivity index (χ4n) is 2.12. The second-order valence-corrected chi connectivity index (χ2v) is 6.34. The molecule has 1 aromatic heterocycles. The minimum absolute atomic E-state index is 0.0811. The number of aromatic nitrogens is 1. The van der Waals surface area contributed by atoms with E-state index >= 15 is 0 Å². The molecule has 2 rings (SSSR count). The van der Waals surface area contributed by atoms with Crippen LogP contribution in [0.3, 0.4) is 0 Å². The van der Waals surface area contributed by atoms with E-state index in [-0.39, 0.29) is 6.61 Å². The molecular formula is C16H22N2OS. The number of rotatable bonds is 6. The number of thiazole rings is 1. The van der Waals surface area contributed by atoms with Gasteiger partial charge in [-0.2, -0.15) is 0 Å². The van der Waals surface area contributed by atoms with Crippen molar-refractivity contribution in [1.29, 1.82) is 0 Å². The van der Waals surface area contributed by atoms with Crippen LogP contribution in [0.4, 0.5) is 5.13 Å². The molecule has 20 heavy (non-hydrogen) atoms. The molecule has 0 atom stereocenters. The first-order valence-corrected chi connectivity index (χ1v) is 7.79. The topological polar surface area (TPSA) is 36.4 Å². The van der Waals surface area contributed by atoms with Crippen LogP contribution in [0.25, 0.3) is 0 Å². The molecular weight excluding hydrogens is 268 g/mol. The van der Waals surface area contributed by atoms with Gasteiger partial charge in [-0.05, 0) is 17.9 Å². The average molecular weight is 290 g/mol. The fraction of sp³-hybridized carbons (Fsp3) is 0.438. The first-order valence-electron chi connectivity index (χ1n) is 6.97. The lowest BCUT2D eigenvalue weighted by atomic mass is 10.1. The van der Waals surface area contributed by atoms with Crippen LogP contribution in [-0.2, 0) is 13.0 Å². The van der Waals surface area contributed by atoms with Crippen LogP contribution in [0.5, 0.6) is 0 Å². The van der Waals surface area contributed by atoms with E-state index in [0.29, 0.717) is 5.92 Å². The molecule has 0 amide bonds. The standard InChI is InChI=1S/C16H22N2OS/c1-12(2)15-14(11-19)20-16(17-15)18(3)10-9-13-7-5-4-6-8-13/h4-8,12,19H,9-11H2,1-3H3. The molecule has 4 heteroatoms. The Labute approximate surface area is 124 Å². The quantitative estimate of drug-likeness (QED) is 0.885. The predicted molar refractivity (Wildman–Crippen MR) is 85.5 cm³/mol. The molecule has 0 aliphatic rings. The molecule has 0 saturated heterocycles. The predicted octanol–water partition coefficient (Wildman–Crippen LogP) is 3.44. The number of hydrogen-bond acceptors (Lipinski definition) is 4. The van der Waals surface area contributed by atoms with E-state index in [9.17, 15) is 5.11 Å². The number of benzene rings is 1. The minimum Gasteiger partial charge on any atom is -0.391 e. The fourth-order valence-corrected chi connectivity index (χ4v) is 3.18. The summed E-state index contributed by atoms with van der Waals surface area (Å²) in [7, 11) is 2.06. The van der Waals surface area contributed by atoms with E-state index in [1.165, 1.54) is 5.56 Å². The second-order valence-electron chi connectivity index (χ2n) is 5.27. The van der Waals surface area contributed by atoms with Gasteiger partial charge in [0.05, 0.1) is 17.2 Å². The Bertz CT molecular complexity index is 537. The average Bonchev–Trinajstić information content (AvgIpc) is 2.90. The molecule has 0 bridgehead atoms. The molecule has 0 saturated carbocycles. The van der Waals surface area contributed by atoms with E-state index < -0.39 is 0 Å². The van der Waals surface area contributed by atoms with Crippen LogP contribution >= 0.6 is 11.3 Å². The largest absolute Gasteiger partial charge is 0.391 e. The summed E-state index contributed by atoms with van der Waals surface area (Å²) in [6, 6.07) is 10.5. The molecule has 1 aromatic carbocycles. The van der Waals surface area contributed by atoms with Gasteiger partial charge in [0.15, 0.2) is 5.13 Å². The van der Waals surface area contributed by atoms with Gasteiger partial charge in [-0.1, -0.05) is 55.5 Å². The van der Waals surface area contributed by atoms with Gasteiger partial charge < -0.3 is 10.0 Å². The van der Waals surface area contributed by atoms with E-state index in [4.69, 9.17) is 0 Å². The summed E-state index contributed by atoms with van der Waals surface area (Å²) in [5.41, 5.74) is 2.36. The monoisotopic (exact) mass is 290 g/mol. The summed E-state index contributed by atoms with van der Waals surface area (Å²) < 4.78 is 0. The molecule has 0 aliphatic heterocycles. The van der Waals surface area contributed by atoms with Crippen molar-refractivity contribution in [2.24, 2.45) is 0 Å². The zero-order valence-corrected chi connectivity index (χ0v) is 13.2. The summed E-state index contributed by atoms with van der Waals surface area (Å²) in [5, 5.41) is 10.4. The van der Waals surface area contributed by atoms with Crippen LogP contribution in [0.15, 0.2) is 30.3 Å². The highest BCUT2D eigenvalue weighted by atomic mass is 32.1. The van der Waals surface area contributed by atoms with Crippen LogP contribution < -0.4 is 4.90 Å². The van der Waals surface area contributed by atoms with Gasteiger partial charge in [0.25, 0.3) is 0 Å². The van der Waals surface area contributed by atoms with Crippen molar-refractivity contribution >= 4 is 16.5 Å². The summed E-state index contributed by atoms with van der Waals surface area (Å²) >= 11 is 1.60. The van der Waals surface area contributed by atoms with Crippen molar-refractivity contribution < 1.29 is 5.11 Å². The van der Waals surface area contributed by atoms with E-state index in [1.807, 2.05) is 6.07 Å². The first-order chi connectivity index (χ1) is 9.61. The Kier molecular flexibility index (Phi) is 5.15. The van der Waals surface area contributed by atoms with Crippen molar-refractivity contribution in [3.05, 3.63) is 46.5 Å². The van der Waals surface area contributed by atoms with E-state index in [0.717, 1.165) is 28.7 Å². The normalized spacial score (nSPS) is 11.1. The van der Waals surface area contributed by atoms with Crippen LogP contribution in [0.1, 0.15) is 35.9 Å². The number of anilines is 1. The van der Waals surface area contributed by atoms with Gasteiger partial charge in [-0.3, -0.25) is 0 Å². The molecule has 2 aromatic rings. The van der Waals surface area contributed by atoms with E-state index in [1.54, 1.807) is 11.3 Å². The summed E-state index contributed by atoms with van der Waals surface area (Å²) in [4.78, 5) is 7.83. The van der Waals surface area contributed by atoms with Crippen molar-refractivity contribution in [1.82, 2.24) is 4.98 Å². The molecule has 0 fully saturated rings. The van der Waals surface area contributed by atoms with Crippen molar-refractivity contribution in [2.45, 2.75) is 32.8 Å². The zero-order valence-electron chi connectivity index (χ0n) is 12.3. The number of likely N-dealkylation sites (N-methyl/N-ethyl adjacent to an activating group) is 1. The van der Waals surface area contributed by atoms with Gasteiger partial charge in [0.1, 0.15) is 0 Å². The van der Waals surface area contributed by atoms with Gasteiger partial charge in [0, 0.05) is 13.6 Å². The third kappa shape index (κ3) is 3.58.